The fourth-order valence-corrected chi connectivity index (χ4v) is 1.59. The number of hydrogen-bond acceptors (Lipinski definition) is 3. The van der Waals surface area contributed by atoms with Crippen LogP contribution in [0.25, 0.3) is 0 Å². The first-order valence-corrected chi connectivity index (χ1v) is 5.33. The van der Waals surface area contributed by atoms with Crippen LogP contribution in [0.15, 0.2) is 0 Å². The third kappa shape index (κ3) is 4.42. The summed E-state index contributed by atoms with van der Waals surface area (Å²) in [5.41, 5.74) is 0.252. The smallest absolute Gasteiger partial charge is 0.227 e. The topological polar surface area (TPSA) is 55.4 Å². The molecule has 0 aromatic carbocycles. The second-order valence-corrected chi connectivity index (χ2v) is 4.40. The lowest BCUT2D eigenvalue weighted by atomic mass is 10.0. The van der Waals surface area contributed by atoms with E-state index in [9.17, 15) is 9.59 Å². The minimum absolute atomic E-state index is 0.000355. The fourth-order valence-electron chi connectivity index (χ4n) is 1.59. The molecule has 1 saturated carbocycles. The molecule has 0 aromatic heterocycles. The van der Waals surface area contributed by atoms with Gasteiger partial charge in [0.1, 0.15) is 5.78 Å². The first kappa shape index (κ1) is 12.2. The van der Waals surface area contributed by atoms with Crippen molar-refractivity contribution in [3.63, 3.8) is 0 Å². The van der Waals surface area contributed by atoms with Crippen LogP contribution in [-0.2, 0) is 14.3 Å². The van der Waals surface area contributed by atoms with E-state index >= 15 is 0 Å². The van der Waals surface area contributed by atoms with Crippen LogP contribution < -0.4 is 5.32 Å². The predicted octanol–water partition coefficient (Wildman–Crippen LogP) is 0.898. The Morgan fingerprint density at radius 2 is 2.07 bits per heavy atom. The van der Waals surface area contributed by atoms with Crippen LogP contribution in [-0.4, -0.2) is 32.0 Å². The zero-order valence-electron chi connectivity index (χ0n) is 9.47. The molecule has 1 fully saturated rings. The van der Waals surface area contributed by atoms with Crippen molar-refractivity contribution in [2.45, 2.75) is 32.6 Å². The number of carbonyl (C=O) groups excluding carboxylic acids is 2. The van der Waals surface area contributed by atoms with Gasteiger partial charge in [0, 0.05) is 20.3 Å². The Bertz CT molecular complexity index is 246. The number of rotatable bonds is 7. The molecule has 1 amide bonds. The Morgan fingerprint density at radius 3 is 2.53 bits per heavy atom. The summed E-state index contributed by atoms with van der Waals surface area (Å²) in [5, 5.41) is 2.81. The molecule has 0 unspecified atom stereocenters. The van der Waals surface area contributed by atoms with Gasteiger partial charge >= 0.3 is 0 Å². The molecule has 1 aliphatic carbocycles. The maximum atomic E-state index is 11.2. The number of Topliss-reactive ketones (excluding diaryl/α,β-unsaturated/α-hetero) is 1. The highest BCUT2D eigenvalue weighted by atomic mass is 16.5. The number of ketones is 1. The molecule has 0 bridgehead atoms. The Balaban J connectivity index is 2.18. The summed E-state index contributed by atoms with van der Waals surface area (Å²) >= 11 is 0. The molecule has 0 atom stereocenters. The van der Waals surface area contributed by atoms with E-state index in [0.717, 1.165) is 25.9 Å². The maximum absolute atomic E-state index is 11.2. The second kappa shape index (κ2) is 5.26. The molecule has 1 aliphatic rings. The number of hydrogen-bond donors (Lipinski definition) is 1. The normalized spacial score (nSPS) is 17.2. The summed E-state index contributed by atoms with van der Waals surface area (Å²) in [6.45, 7) is 2.85. The van der Waals surface area contributed by atoms with Crippen molar-refractivity contribution in [1.29, 1.82) is 0 Å². The predicted molar refractivity (Wildman–Crippen MR) is 56.5 cm³/mol. The van der Waals surface area contributed by atoms with E-state index in [1.165, 1.54) is 6.92 Å². The van der Waals surface area contributed by atoms with Gasteiger partial charge in [-0.05, 0) is 31.6 Å². The van der Waals surface area contributed by atoms with E-state index in [1.54, 1.807) is 7.11 Å². The van der Waals surface area contributed by atoms with Gasteiger partial charge in [-0.3, -0.25) is 9.59 Å². The Hall–Kier alpha value is -0.900. The molecule has 0 aliphatic heterocycles. The van der Waals surface area contributed by atoms with Gasteiger partial charge in [0.25, 0.3) is 0 Å². The average molecular weight is 213 g/mol. The molecule has 0 spiro atoms. The molecule has 4 heteroatoms. The number of ether oxygens (including phenoxy) is 1. The quantitative estimate of drug-likeness (QED) is 0.639. The van der Waals surface area contributed by atoms with Crippen molar-refractivity contribution in [2.24, 2.45) is 5.41 Å². The van der Waals surface area contributed by atoms with Crippen LogP contribution in [0.1, 0.15) is 32.6 Å². The van der Waals surface area contributed by atoms with E-state index in [4.69, 9.17) is 4.74 Å². The van der Waals surface area contributed by atoms with Gasteiger partial charge in [-0.1, -0.05) is 0 Å². The van der Waals surface area contributed by atoms with Crippen molar-refractivity contribution < 1.29 is 14.3 Å². The molecular formula is C11H19NO3. The molecule has 1 N–H and O–H groups in total. The van der Waals surface area contributed by atoms with Crippen molar-refractivity contribution in [1.82, 2.24) is 5.32 Å². The molecule has 0 radical (unpaired) electrons. The maximum Gasteiger partial charge on any atom is 0.227 e. The largest absolute Gasteiger partial charge is 0.385 e. The van der Waals surface area contributed by atoms with Gasteiger partial charge in [-0.2, -0.15) is 0 Å². The summed E-state index contributed by atoms with van der Waals surface area (Å²) < 4.78 is 5.02. The lowest BCUT2D eigenvalue weighted by molar-refractivity contribution is -0.127. The first-order valence-electron chi connectivity index (χ1n) is 5.33. The molecule has 1 rings (SSSR count). The van der Waals surface area contributed by atoms with Gasteiger partial charge < -0.3 is 10.1 Å². The van der Waals surface area contributed by atoms with Gasteiger partial charge in [-0.15, -0.1) is 0 Å². The third-order valence-electron chi connectivity index (χ3n) is 2.86. The van der Waals surface area contributed by atoms with Crippen LogP contribution in [0, 0.1) is 5.41 Å². The van der Waals surface area contributed by atoms with Gasteiger partial charge in [0.15, 0.2) is 0 Å². The standard InChI is InChI=1S/C11H19NO3/c1-9(13)7-10(14)12-8-11(3-4-11)5-6-15-2/h3-8H2,1-2H3,(H,12,14). The van der Waals surface area contributed by atoms with Crippen molar-refractivity contribution in [3.8, 4) is 0 Å². The SMILES string of the molecule is COCCC1(CNC(=O)CC(C)=O)CC1. The van der Waals surface area contributed by atoms with E-state index in [0.29, 0.717) is 6.54 Å². The van der Waals surface area contributed by atoms with Crippen LogP contribution in [0.5, 0.6) is 0 Å². The number of methoxy groups -OCH3 is 1. The van der Waals surface area contributed by atoms with Gasteiger partial charge in [-0.25, -0.2) is 0 Å². The molecule has 0 aromatic rings. The summed E-state index contributed by atoms with van der Waals surface area (Å²) in [4.78, 5) is 21.9. The van der Waals surface area contributed by atoms with Crippen molar-refractivity contribution >= 4 is 11.7 Å². The van der Waals surface area contributed by atoms with E-state index in [1.807, 2.05) is 0 Å². The van der Waals surface area contributed by atoms with Gasteiger partial charge in [0.2, 0.25) is 5.91 Å². The molecule has 0 saturated heterocycles. The second-order valence-electron chi connectivity index (χ2n) is 4.40. The van der Waals surface area contributed by atoms with Crippen molar-refractivity contribution in [2.75, 3.05) is 20.3 Å². The first-order chi connectivity index (χ1) is 7.08. The van der Waals surface area contributed by atoms with E-state index < -0.39 is 0 Å². The number of amides is 1. The minimum atomic E-state index is -0.161. The van der Waals surface area contributed by atoms with Crippen LogP contribution in [0.3, 0.4) is 0 Å². The Kier molecular flexibility index (Phi) is 4.27. The summed E-state index contributed by atoms with van der Waals surface area (Å²) in [5.74, 6) is -0.250. The van der Waals surface area contributed by atoms with E-state index in [-0.39, 0.29) is 23.5 Å². The highest BCUT2D eigenvalue weighted by Gasteiger charge is 2.41. The Labute approximate surface area is 90.4 Å². The van der Waals surface area contributed by atoms with Crippen molar-refractivity contribution in [3.05, 3.63) is 0 Å². The van der Waals surface area contributed by atoms with Crippen LogP contribution in [0.4, 0.5) is 0 Å². The summed E-state index contributed by atoms with van der Waals surface area (Å²) in [7, 11) is 1.68. The lowest BCUT2D eigenvalue weighted by Gasteiger charge is -2.14. The minimum Gasteiger partial charge on any atom is -0.385 e. The molecular weight excluding hydrogens is 194 g/mol. The zero-order valence-corrected chi connectivity index (χ0v) is 9.47. The lowest BCUT2D eigenvalue weighted by Crippen LogP contribution is -2.31. The molecule has 15 heavy (non-hydrogen) atoms. The molecule has 4 nitrogen and oxygen atoms in total. The fraction of sp³-hybridized carbons (Fsp3) is 0.818. The highest BCUT2D eigenvalue weighted by Crippen LogP contribution is 2.48. The average Bonchev–Trinajstić information content (AvgIpc) is 2.92. The number of nitrogens with one attached hydrogen (secondary N) is 1. The van der Waals surface area contributed by atoms with E-state index in [2.05, 4.69) is 5.32 Å². The zero-order chi connectivity index (χ0) is 11.3. The summed E-state index contributed by atoms with van der Waals surface area (Å²) in [6, 6.07) is 0. The highest BCUT2D eigenvalue weighted by molar-refractivity contribution is 5.96. The van der Waals surface area contributed by atoms with Crippen LogP contribution in [0.2, 0.25) is 0 Å². The monoisotopic (exact) mass is 213 g/mol. The number of carbonyl (C=O) groups is 2. The van der Waals surface area contributed by atoms with Crippen LogP contribution >= 0.6 is 0 Å². The summed E-state index contributed by atoms with van der Waals surface area (Å²) in [6.07, 6.45) is 3.29. The molecule has 86 valence electrons. The molecule has 0 heterocycles. The third-order valence-corrected chi connectivity index (χ3v) is 2.86. The van der Waals surface area contributed by atoms with Gasteiger partial charge in [0.05, 0.1) is 6.42 Å². The Morgan fingerprint density at radius 1 is 1.40 bits per heavy atom.